The van der Waals surface area contributed by atoms with Crippen LogP contribution in [0.25, 0.3) is 0 Å². The topological polar surface area (TPSA) is 96.0 Å². The highest BCUT2D eigenvalue weighted by molar-refractivity contribution is 7.92. The van der Waals surface area contributed by atoms with E-state index in [0.717, 1.165) is 22.2 Å². The maximum absolute atomic E-state index is 13.8. The standard InChI is InChI=1S/C24H32FN3O5S/c1-6-22(24(30)26-17(2)3)27(15-18-10-12-21(33-4)13-11-18)23(29)16-28(34(5,31)32)20-9-7-8-19(25)14-20/h7-14,17,22H,6,15-16H2,1-5H3,(H,26,30)/t22-/m1/s1. The lowest BCUT2D eigenvalue weighted by Crippen LogP contribution is -2.53. The lowest BCUT2D eigenvalue weighted by molar-refractivity contribution is -0.140. The summed E-state index contributed by atoms with van der Waals surface area (Å²) in [6, 6.07) is 11.1. The Morgan fingerprint density at radius 3 is 2.26 bits per heavy atom. The third-order valence-electron chi connectivity index (χ3n) is 5.10. The van der Waals surface area contributed by atoms with Crippen LogP contribution in [0.1, 0.15) is 32.8 Å². The first-order valence-electron chi connectivity index (χ1n) is 10.9. The van der Waals surface area contributed by atoms with Crippen molar-refractivity contribution in [1.82, 2.24) is 10.2 Å². The van der Waals surface area contributed by atoms with Gasteiger partial charge in [0.25, 0.3) is 0 Å². The van der Waals surface area contributed by atoms with E-state index in [1.165, 1.54) is 23.1 Å². The van der Waals surface area contributed by atoms with Crippen molar-refractivity contribution in [3.63, 3.8) is 0 Å². The quantitative estimate of drug-likeness (QED) is 0.519. The molecule has 0 aliphatic rings. The summed E-state index contributed by atoms with van der Waals surface area (Å²) in [5.41, 5.74) is 0.765. The molecule has 0 aromatic heterocycles. The van der Waals surface area contributed by atoms with Crippen LogP contribution in [0, 0.1) is 5.82 Å². The van der Waals surface area contributed by atoms with E-state index < -0.39 is 34.3 Å². The molecule has 2 aromatic carbocycles. The molecule has 8 nitrogen and oxygen atoms in total. The van der Waals surface area contributed by atoms with Crippen LogP contribution in [0.4, 0.5) is 10.1 Å². The van der Waals surface area contributed by atoms with Crippen LogP contribution in [0.2, 0.25) is 0 Å². The first-order chi connectivity index (χ1) is 16.0. The molecule has 10 heteroatoms. The Hall–Kier alpha value is -3.14. The molecule has 2 rings (SSSR count). The predicted molar refractivity (Wildman–Crippen MR) is 129 cm³/mol. The lowest BCUT2D eigenvalue weighted by atomic mass is 10.1. The van der Waals surface area contributed by atoms with E-state index in [9.17, 15) is 22.4 Å². The number of carbonyl (C=O) groups excluding carboxylic acids is 2. The molecule has 34 heavy (non-hydrogen) atoms. The number of ether oxygens (including phenoxy) is 1. The van der Waals surface area contributed by atoms with Crippen molar-refractivity contribution in [2.75, 3.05) is 24.2 Å². The number of methoxy groups -OCH3 is 1. The summed E-state index contributed by atoms with van der Waals surface area (Å²) < 4.78 is 44.8. The molecule has 0 saturated carbocycles. The van der Waals surface area contributed by atoms with Gasteiger partial charge in [0.2, 0.25) is 21.8 Å². The molecule has 1 N–H and O–H groups in total. The molecular formula is C24H32FN3O5S. The maximum atomic E-state index is 13.8. The van der Waals surface area contributed by atoms with Crippen molar-refractivity contribution >= 4 is 27.5 Å². The summed E-state index contributed by atoms with van der Waals surface area (Å²) in [6.45, 7) is 4.91. The fraction of sp³-hybridized carbons (Fsp3) is 0.417. The van der Waals surface area contributed by atoms with E-state index >= 15 is 0 Å². The van der Waals surface area contributed by atoms with Gasteiger partial charge in [0.05, 0.1) is 19.1 Å². The van der Waals surface area contributed by atoms with E-state index in [1.807, 2.05) is 13.8 Å². The fourth-order valence-electron chi connectivity index (χ4n) is 3.47. The highest BCUT2D eigenvalue weighted by atomic mass is 32.2. The average Bonchev–Trinajstić information content (AvgIpc) is 2.76. The van der Waals surface area contributed by atoms with Crippen LogP contribution in [0.3, 0.4) is 0 Å². The second-order valence-corrected chi connectivity index (χ2v) is 10.1. The number of halogens is 1. The number of rotatable bonds is 11. The number of carbonyl (C=O) groups is 2. The van der Waals surface area contributed by atoms with Crippen LogP contribution in [0.5, 0.6) is 5.75 Å². The third kappa shape index (κ3) is 7.44. The van der Waals surface area contributed by atoms with Crippen molar-refractivity contribution in [3.05, 3.63) is 59.9 Å². The van der Waals surface area contributed by atoms with Crippen molar-refractivity contribution in [2.45, 2.75) is 45.8 Å². The van der Waals surface area contributed by atoms with E-state index in [4.69, 9.17) is 4.74 Å². The van der Waals surface area contributed by atoms with E-state index in [0.29, 0.717) is 12.2 Å². The van der Waals surface area contributed by atoms with Crippen molar-refractivity contribution in [3.8, 4) is 5.75 Å². The van der Waals surface area contributed by atoms with Gasteiger partial charge >= 0.3 is 0 Å². The summed E-state index contributed by atoms with van der Waals surface area (Å²) in [6.07, 6.45) is 1.26. The number of nitrogens with one attached hydrogen (secondary N) is 1. The molecule has 186 valence electrons. The fourth-order valence-corrected chi connectivity index (χ4v) is 4.31. The summed E-state index contributed by atoms with van der Waals surface area (Å²) in [5, 5.41) is 2.82. The second kappa shape index (κ2) is 11.8. The minimum atomic E-state index is -3.91. The Bertz CT molecular complexity index is 1090. The highest BCUT2D eigenvalue weighted by Crippen LogP contribution is 2.21. The smallest absolute Gasteiger partial charge is 0.244 e. The highest BCUT2D eigenvalue weighted by Gasteiger charge is 2.32. The minimum Gasteiger partial charge on any atom is -0.497 e. The van der Waals surface area contributed by atoms with Crippen LogP contribution in [-0.4, -0.2) is 57.1 Å². The average molecular weight is 494 g/mol. The third-order valence-corrected chi connectivity index (χ3v) is 6.24. The summed E-state index contributed by atoms with van der Waals surface area (Å²) >= 11 is 0. The van der Waals surface area contributed by atoms with Crippen molar-refractivity contribution in [2.24, 2.45) is 0 Å². The van der Waals surface area contributed by atoms with Gasteiger partial charge < -0.3 is 15.0 Å². The summed E-state index contributed by atoms with van der Waals surface area (Å²) in [7, 11) is -2.37. The number of nitrogens with zero attached hydrogens (tertiary/aromatic N) is 2. The van der Waals surface area contributed by atoms with Gasteiger partial charge in [-0.2, -0.15) is 0 Å². The van der Waals surface area contributed by atoms with Gasteiger partial charge in [-0.1, -0.05) is 25.1 Å². The van der Waals surface area contributed by atoms with Crippen LogP contribution in [-0.2, 0) is 26.2 Å². The second-order valence-electron chi connectivity index (χ2n) is 8.21. The van der Waals surface area contributed by atoms with Crippen LogP contribution < -0.4 is 14.4 Å². The van der Waals surface area contributed by atoms with Gasteiger partial charge in [0.15, 0.2) is 0 Å². The number of hydrogen-bond donors (Lipinski definition) is 1. The van der Waals surface area contributed by atoms with E-state index in [-0.39, 0.29) is 24.2 Å². The number of hydrogen-bond acceptors (Lipinski definition) is 5. The van der Waals surface area contributed by atoms with Gasteiger partial charge in [-0.25, -0.2) is 12.8 Å². The normalized spacial score (nSPS) is 12.2. The molecule has 0 unspecified atom stereocenters. The molecule has 0 radical (unpaired) electrons. The molecule has 0 aliphatic carbocycles. The minimum absolute atomic E-state index is 0.0277. The molecule has 1 atom stereocenters. The molecule has 0 fully saturated rings. The SMILES string of the molecule is CC[C@H](C(=O)NC(C)C)N(Cc1ccc(OC)cc1)C(=O)CN(c1cccc(F)c1)S(C)(=O)=O. The van der Waals surface area contributed by atoms with Gasteiger partial charge in [-0.3, -0.25) is 13.9 Å². The number of sulfonamides is 1. The molecule has 0 aliphatic heterocycles. The summed E-state index contributed by atoms with van der Waals surface area (Å²) in [5.74, 6) is -0.913. The van der Waals surface area contributed by atoms with E-state index in [2.05, 4.69) is 5.32 Å². The largest absolute Gasteiger partial charge is 0.497 e. The molecular weight excluding hydrogens is 461 g/mol. The first-order valence-corrected chi connectivity index (χ1v) is 12.8. The first kappa shape index (κ1) is 27.1. The maximum Gasteiger partial charge on any atom is 0.244 e. The number of amides is 2. The summed E-state index contributed by atoms with van der Waals surface area (Å²) in [4.78, 5) is 27.8. The van der Waals surface area contributed by atoms with Crippen molar-refractivity contribution in [1.29, 1.82) is 0 Å². The zero-order chi connectivity index (χ0) is 25.5. The molecule has 0 heterocycles. The lowest BCUT2D eigenvalue weighted by Gasteiger charge is -2.33. The molecule has 2 aromatic rings. The molecule has 0 spiro atoms. The van der Waals surface area contributed by atoms with Crippen molar-refractivity contribution < 1.29 is 27.1 Å². The Balaban J connectivity index is 2.43. The molecule has 2 amide bonds. The zero-order valence-electron chi connectivity index (χ0n) is 20.1. The van der Waals surface area contributed by atoms with E-state index in [1.54, 1.807) is 38.3 Å². The van der Waals surface area contributed by atoms with Gasteiger partial charge in [-0.05, 0) is 56.2 Å². The number of anilines is 1. The monoisotopic (exact) mass is 493 g/mol. The Kier molecular flexibility index (Phi) is 9.43. The Morgan fingerprint density at radius 1 is 1.12 bits per heavy atom. The van der Waals surface area contributed by atoms with Gasteiger partial charge in [0.1, 0.15) is 24.2 Å². The Morgan fingerprint density at radius 2 is 1.76 bits per heavy atom. The molecule has 0 bridgehead atoms. The molecule has 0 saturated heterocycles. The predicted octanol–water partition coefficient (Wildman–Crippen LogP) is 2.93. The van der Waals surface area contributed by atoms with Gasteiger partial charge in [0, 0.05) is 12.6 Å². The van der Waals surface area contributed by atoms with Gasteiger partial charge in [-0.15, -0.1) is 0 Å². The Labute approximate surface area is 200 Å². The van der Waals surface area contributed by atoms with Crippen LogP contribution in [0.15, 0.2) is 48.5 Å². The van der Waals surface area contributed by atoms with Crippen LogP contribution >= 0.6 is 0 Å². The number of benzene rings is 2. The zero-order valence-corrected chi connectivity index (χ0v) is 20.9.